The average Bonchev–Trinajstić information content (AvgIpc) is 2.84. The molecule has 0 aliphatic heterocycles. The van der Waals surface area contributed by atoms with Crippen LogP contribution < -0.4 is 5.32 Å². The van der Waals surface area contributed by atoms with Gasteiger partial charge in [-0.15, -0.1) is 0 Å². The summed E-state index contributed by atoms with van der Waals surface area (Å²) in [4.78, 5) is 19.5. The van der Waals surface area contributed by atoms with E-state index in [1.54, 1.807) is 6.07 Å². The highest BCUT2D eigenvalue weighted by Gasteiger charge is 2.16. The summed E-state index contributed by atoms with van der Waals surface area (Å²) in [7, 11) is 0. The summed E-state index contributed by atoms with van der Waals surface area (Å²) in [6.45, 7) is 0. The molecule has 0 atom stereocenters. The van der Waals surface area contributed by atoms with Crippen LogP contribution in [0.2, 0.25) is 0 Å². The number of carbonyl (C=O) groups is 1. The number of imidazole rings is 1. The zero-order valence-corrected chi connectivity index (χ0v) is 13.7. The van der Waals surface area contributed by atoms with Crippen LogP contribution in [0.4, 0.5) is 5.95 Å². The highest BCUT2D eigenvalue weighted by Crippen LogP contribution is 2.32. The number of H-pyrrole nitrogens is 1. The number of phenols is 1. The fourth-order valence-electron chi connectivity index (χ4n) is 1.93. The maximum Gasteiger partial charge on any atom is 0.261 e. The first-order valence-electron chi connectivity index (χ1n) is 5.98. The zero-order chi connectivity index (χ0) is 15.0. The van der Waals surface area contributed by atoms with Crippen molar-refractivity contribution < 1.29 is 9.90 Å². The number of fused-ring (bicyclic) bond motifs is 1. The summed E-state index contributed by atoms with van der Waals surface area (Å²) < 4.78 is 1.12. The highest BCUT2D eigenvalue weighted by molar-refractivity contribution is 9.11. The standard InChI is InChI=1S/C14H9Br2N3O2/c15-7-5-8(12(20)9(16)6-7)13(21)19-14-17-10-3-1-2-4-11(10)18-14/h1-6,20H,(H2,17,18,19,21). The second kappa shape index (κ2) is 5.50. The molecule has 1 amide bonds. The Labute approximate surface area is 136 Å². The molecule has 0 spiro atoms. The molecule has 1 aromatic heterocycles. The Morgan fingerprint density at radius 1 is 1.24 bits per heavy atom. The number of anilines is 1. The Kier molecular flexibility index (Phi) is 3.69. The number of halogens is 2. The summed E-state index contributed by atoms with van der Waals surface area (Å²) in [5.74, 6) is -0.239. The van der Waals surface area contributed by atoms with Gasteiger partial charge in [-0.1, -0.05) is 28.1 Å². The second-order valence-electron chi connectivity index (χ2n) is 4.34. The number of nitrogens with one attached hydrogen (secondary N) is 2. The molecule has 106 valence electrons. The van der Waals surface area contributed by atoms with E-state index < -0.39 is 5.91 Å². The lowest BCUT2D eigenvalue weighted by molar-refractivity contribution is 0.102. The fraction of sp³-hybridized carbons (Fsp3) is 0. The number of aromatic amines is 1. The third-order valence-corrected chi connectivity index (χ3v) is 3.96. The van der Waals surface area contributed by atoms with E-state index in [-0.39, 0.29) is 11.3 Å². The smallest absolute Gasteiger partial charge is 0.261 e. The first kappa shape index (κ1) is 14.1. The minimum atomic E-state index is -0.450. The van der Waals surface area contributed by atoms with Gasteiger partial charge < -0.3 is 10.1 Å². The van der Waals surface area contributed by atoms with E-state index in [1.807, 2.05) is 24.3 Å². The number of hydrogen-bond donors (Lipinski definition) is 3. The van der Waals surface area contributed by atoms with Crippen molar-refractivity contribution in [3.05, 3.63) is 50.9 Å². The van der Waals surface area contributed by atoms with Crippen molar-refractivity contribution in [1.82, 2.24) is 9.97 Å². The Balaban J connectivity index is 1.93. The highest BCUT2D eigenvalue weighted by atomic mass is 79.9. The van der Waals surface area contributed by atoms with E-state index in [9.17, 15) is 9.90 Å². The van der Waals surface area contributed by atoms with Gasteiger partial charge >= 0.3 is 0 Å². The summed E-state index contributed by atoms with van der Waals surface area (Å²) in [6, 6.07) is 10.7. The van der Waals surface area contributed by atoms with Crippen LogP contribution in [0.25, 0.3) is 11.0 Å². The minimum Gasteiger partial charge on any atom is -0.506 e. The molecule has 21 heavy (non-hydrogen) atoms. The molecule has 0 unspecified atom stereocenters. The molecule has 0 saturated carbocycles. The SMILES string of the molecule is O=C(Nc1nc2ccccc2[nH]1)c1cc(Br)cc(Br)c1O. The van der Waals surface area contributed by atoms with Crippen LogP contribution in [0.1, 0.15) is 10.4 Å². The third kappa shape index (κ3) is 2.79. The Hall–Kier alpha value is -1.86. The fourth-order valence-corrected chi connectivity index (χ4v) is 3.15. The van der Waals surface area contributed by atoms with Crippen molar-refractivity contribution in [1.29, 1.82) is 0 Å². The van der Waals surface area contributed by atoms with Crippen LogP contribution in [0, 0.1) is 0 Å². The van der Waals surface area contributed by atoms with Crippen LogP contribution in [0.3, 0.4) is 0 Å². The van der Waals surface area contributed by atoms with E-state index in [1.165, 1.54) is 6.07 Å². The number of hydrogen-bond acceptors (Lipinski definition) is 3. The first-order valence-corrected chi connectivity index (χ1v) is 7.57. The number of aromatic hydroxyl groups is 1. The van der Waals surface area contributed by atoms with Gasteiger partial charge in [-0.25, -0.2) is 4.98 Å². The lowest BCUT2D eigenvalue weighted by Crippen LogP contribution is -2.13. The van der Waals surface area contributed by atoms with Gasteiger partial charge in [0, 0.05) is 4.47 Å². The second-order valence-corrected chi connectivity index (χ2v) is 6.11. The van der Waals surface area contributed by atoms with E-state index in [0.717, 1.165) is 11.0 Å². The molecule has 0 radical (unpaired) electrons. The molecule has 7 heteroatoms. The normalized spacial score (nSPS) is 10.8. The molecular formula is C14H9Br2N3O2. The summed E-state index contributed by atoms with van der Waals surface area (Å²) in [6.07, 6.45) is 0. The largest absolute Gasteiger partial charge is 0.506 e. The molecule has 0 fully saturated rings. The van der Waals surface area contributed by atoms with Gasteiger partial charge in [0.1, 0.15) is 5.75 Å². The van der Waals surface area contributed by atoms with Gasteiger partial charge in [0.15, 0.2) is 0 Å². The maximum atomic E-state index is 12.2. The molecule has 5 nitrogen and oxygen atoms in total. The number of para-hydroxylation sites is 2. The van der Waals surface area contributed by atoms with Gasteiger partial charge in [-0.05, 0) is 40.2 Å². The molecule has 0 saturated heterocycles. The van der Waals surface area contributed by atoms with Crippen LogP contribution in [-0.2, 0) is 0 Å². The lowest BCUT2D eigenvalue weighted by atomic mass is 10.2. The first-order chi connectivity index (χ1) is 10.0. The monoisotopic (exact) mass is 409 g/mol. The molecule has 3 aromatic rings. The average molecular weight is 411 g/mol. The van der Waals surface area contributed by atoms with Crippen LogP contribution in [-0.4, -0.2) is 21.0 Å². The zero-order valence-electron chi connectivity index (χ0n) is 10.5. The van der Waals surface area contributed by atoms with E-state index >= 15 is 0 Å². The Bertz CT molecular complexity index is 812. The van der Waals surface area contributed by atoms with Crippen molar-refractivity contribution in [2.75, 3.05) is 5.32 Å². The molecule has 1 heterocycles. The molecule has 0 aliphatic carbocycles. The maximum absolute atomic E-state index is 12.2. The van der Waals surface area contributed by atoms with E-state index in [2.05, 4.69) is 47.1 Å². The number of carbonyl (C=O) groups excluding carboxylic acids is 1. The summed E-state index contributed by atoms with van der Waals surface area (Å²) >= 11 is 6.48. The lowest BCUT2D eigenvalue weighted by Gasteiger charge is -2.07. The van der Waals surface area contributed by atoms with Gasteiger partial charge in [0.05, 0.1) is 21.1 Å². The molecule has 3 N–H and O–H groups in total. The van der Waals surface area contributed by atoms with Gasteiger partial charge in [0.25, 0.3) is 5.91 Å². The minimum absolute atomic E-state index is 0.119. The molecular weight excluding hydrogens is 402 g/mol. The van der Waals surface area contributed by atoms with E-state index in [0.29, 0.717) is 14.9 Å². The van der Waals surface area contributed by atoms with Crippen molar-refractivity contribution >= 4 is 54.7 Å². The van der Waals surface area contributed by atoms with Crippen LogP contribution in [0.5, 0.6) is 5.75 Å². The predicted octanol–water partition coefficient (Wildman–Crippen LogP) is 4.05. The summed E-state index contributed by atoms with van der Waals surface area (Å²) in [5, 5.41) is 12.6. The molecule has 0 bridgehead atoms. The number of amides is 1. The number of benzene rings is 2. The Morgan fingerprint density at radius 2 is 2.00 bits per heavy atom. The van der Waals surface area contributed by atoms with Crippen LogP contribution >= 0.6 is 31.9 Å². The molecule has 0 aliphatic rings. The number of nitrogens with zero attached hydrogens (tertiary/aromatic N) is 1. The van der Waals surface area contributed by atoms with Crippen molar-refractivity contribution in [2.24, 2.45) is 0 Å². The number of aromatic nitrogens is 2. The summed E-state index contributed by atoms with van der Waals surface area (Å²) in [5.41, 5.74) is 1.73. The number of phenolic OH excluding ortho intramolecular Hbond substituents is 1. The molecule has 2 aromatic carbocycles. The molecule has 3 rings (SSSR count). The topological polar surface area (TPSA) is 78.0 Å². The van der Waals surface area contributed by atoms with Crippen LogP contribution in [0.15, 0.2) is 45.3 Å². The quantitative estimate of drug-likeness (QED) is 0.596. The van der Waals surface area contributed by atoms with Crippen molar-refractivity contribution in [2.45, 2.75) is 0 Å². The van der Waals surface area contributed by atoms with Gasteiger partial charge in [-0.3, -0.25) is 10.1 Å². The van der Waals surface area contributed by atoms with Crippen molar-refractivity contribution in [3.8, 4) is 5.75 Å². The van der Waals surface area contributed by atoms with E-state index in [4.69, 9.17) is 0 Å². The van der Waals surface area contributed by atoms with Gasteiger partial charge in [-0.2, -0.15) is 0 Å². The van der Waals surface area contributed by atoms with Gasteiger partial charge in [0.2, 0.25) is 5.95 Å². The Morgan fingerprint density at radius 3 is 2.76 bits per heavy atom. The third-order valence-electron chi connectivity index (χ3n) is 2.89. The predicted molar refractivity (Wildman–Crippen MR) is 87.6 cm³/mol. The van der Waals surface area contributed by atoms with Crippen molar-refractivity contribution in [3.63, 3.8) is 0 Å². The number of rotatable bonds is 2.